The summed E-state index contributed by atoms with van der Waals surface area (Å²) in [5.74, 6) is 1.32. The van der Waals surface area contributed by atoms with E-state index in [9.17, 15) is 0 Å². The van der Waals surface area contributed by atoms with Crippen molar-refractivity contribution < 1.29 is 9.84 Å². The van der Waals surface area contributed by atoms with E-state index in [2.05, 4.69) is 19.9 Å². The van der Waals surface area contributed by atoms with Gasteiger partial charge in [0.25, 0.3) is 0 Å². The Labute approximate surface area is 111 Å². The van der Waals surface area contributed by atoms with E-state index in [1.165, 1.54) is 9.71 Å². The standard InChI is InChI=1S/C14H19NO2S/c1-3-10(2)14-15-13-11(17-9-5-8-16)6-4-7-12(13)18-14/h4,6-7,10,16H,3,5,8-9H2,1-2H3. The molecule has 0 spiro atoms. The molecule has 1 aromatic heterocycles. The molecule has 2 rings (SSSR count). The summed E-state index contributed by atoms with van der Waals surface area (Å²) in [6.45, 7) is 5.07. The van der Waals surface area contributed by atoms with E-state index in [1.54, 1.807) is 11.3 Å². The lowest BCUT2D eigenvalue weighted by Crippen LogP contribution is -2.00. The number of nitrogens with zero attached hydrogens (tertiary/aromatic N) is 1. The van der Waals surface area contributed by atoms with Crippen molar-refractivity contribution in [1.82, 2.24) is 4.98 Å². The fraction of sp³-hybridized carbons (Fsp3) is 0.500. The van der Waals surface area contributed by atoms with Gasteiger partial charge in [-0.15, -0.1) is 11.3 Å². The Morgan fingerprint density at radius 1 is 1.44 bits per heavy atom. The normalized spacial score (nSPS) is 12.8. The van der Waals surface area contributed by atoms with Crippen LogP contribution < -0.4 is 4.74 Å². The van der Waals surface area contributed by atoms with Gasteiger partial charge in [-0.25, -0.2) is 4.98 Å². The number of fused-ring (bicyclic) bond motifs is 1. The van der Waals surface area contributed by atoms with Crippen LogP contribution in [0.2, 0.25) is 0 Å². The zero-order valence-corrected chi connectivity index (χ0v) is 11.7. The van der Waals surface area contributed by atoms with E-state index in [-0.39, 0.29) is 6.61 Å². The molecule has 3 nitrogen and oxygen atoms in total. The van der Waals surface area contributed by atoms with Crippen molar-refractivity contribution in [3.63, 3.8) is 0 Å². The largest absolute Gasteiger partial charge is 0.491 e. The minimum absolute atomic E-state index is 0.158. The van der Waals surface area contributed by atoms with Gasteiger partial charge in [-0.1, -0.05) is 19.9 Å². The van der Waals surface area contributed by atoms with E-state index < -0.39 is 0 Å². The van der Waals surface area contributed by atoms with E-state index in [4.69, 9.17) is 14.8 Å². The summed E-state index contributed by atoms with van der Waals surface area (Å²) in [4.78, 5) is 4.69. The summed E-state index contributed by atoms with van der Waals surface area (Å²) in [7, 11) is 0. The summed E-state index contributed by atoms with van der Waals surface area (Å²) in [6.07, 6.45) is 1.75. The Balaban J connectivity index is 2.27. The van der Waals surface area contributed by atoms with Crippen molar-refractivity contribution in [3.8, 4) is 5.75 Å². The molecule has 1 heterocycles. The van der Waals surface area contributed by atoms with Gasteiger partial charge < -0.3 is 9.84 Å². The fourth-order valence-electron chi connectivity index (χ4n) is 1.69. The number of para-hydroxylation sites is 1. The lowest BCUT2D eigenvalue weighted by molar-refractivity contribution is 0.234. The number of aliphatic hydroxyl groups is 1. The molecule has 18 heavy (non-hydrogen) atoms. The number of hydrogen-bond donors (Lipinski definition) is 1. The minimum Gasteiger partial charge on any atom is -0.491 e. The lowest BCUT2D eigenvalue weighted by atomic mass is 10.1. The number of benzene rings is 1. The first-order valence-electron chi connectivity index (χ1n) is 6.39. The molecule has 0 aliphatic heterocycles. The average Bonchev–Trinajstić information content (AvgIpc) is 2.83. The van der Waals surface area contributed by atoms with Gasteiger partial charge in [0.2, 0.25) is 0 Å². The fourth-order valence-corrected chi connectivity index (χ4v) is 2.81. The molecule has 0 aliphatic carbocycles. The molecule has 0 aliphatic rings. The maximum absolute atomic E-state index is 8.77. The molecule has 1 atom stereocenters. The molecule has 0 saturated carbocycles. The highest BCUT2D eigenvalue weighted by Gasteiger charge is 2.12. The second-order valence-electron chi connectivity index (χ2n) is 4.39. The highest BCUT2D eigenvalue weighted by atomic mass is 32.1. The van der Waals surface area contributed by atoms with Crippen molar-refractivity contribution >= 4 is 21.6 Å². The number of rotatable bonds is 6. The summed E-state index contributed by atoms with van der Waals surface area (Å²) in [5.41, 5.74) is 0.954. The molecule has 1 unspecified atom stereocenters. The first kappa shape index (κ1) is 13.3. The molecule has 0 saturated heterocycles. The van der Waals surface area contributed by atoms with Crippen LogP contribution in [-0.4, -0.2) is 23.3 Å². The van der Waals surface area contributed by atoms with Crippen molar-refractivity contribution in [1.29, 1.82) is 0 Å². The molecule has 0 amide bonds. The summed E-state index contributed by atoms with van der Waals surface area (Å²) < 4.78 is 6.84. The van der Waals surface area contributed by atoms with Crippen LogP contribution in [0.15, 0.2) is 18.2 Å². The molecular formula is C14H19NO2S. The van der Waals surface area contributed by atoms with Gasteiger partial charge in [0.15, 0.2) is 0 Å². The highest BCUT2D eigenvalue weighted by Crippen LogP contribution is 2.33. The van der Waals surface area contributed by atoms with Gasteiger partial charge in [-0.05, 0) is 18.6 Å². The van der Waals surface area contributed by atoms with Crippen LogP contribution in [0, 0.1) is 0 Å². The van der Waals surface area contributed by atoms with Crippen LogP contribution in [0.4, 0.5) is 0 Å². The molecule has 0 bridgehead atoms. The maximum Gasteiger partial charge on any atom is 0.146 e. The number of thiazole rings is 1. The molecule has 0 fully saturated rings. The second-order valence-corrected chi connectivity index (χ2v) is 5.45. The maximum atomic E-state index is 8.77. The van der Waals surface area contributed by atoms with Crippen LogP contribution in [0.1, 0.15) is 37.6 Å². The van der Waals surface area contributed by atoms with E-state index >= 15 is 0 Å². The predicted molar refractivity (Wildman–Crippen MR) is 75.5 cm³/mol. The number of aromatic nitrogens is 1. The van der Waals surface area contributed by atoms with Gasteiger partial charge in [0.05, 0.1) is 16.3 Å². The summed E-state index contributed by atoms with van der Waals surface area (Å²) >= 11 is 1.74. The third kappa shape index (κ3) is 2.82. The Bertz CT molecular complexity index is 509. The van der Waals surface area contributed by atoms with E-state index in [0.29, 0.717) is 18.9 Å². The van der Waals surface area contributed by atoms with Crippen molar-refractivity contribution in [2.24, 2.45) is 0 Å². The number of aliphatic hydroxyl groups excluding tert-OH is 1. The molecule has 4 heteroatoms. The number of ether oxygens (including phenoxy) is 1. The zero-order valence-electron chi connectivity index (χ0n) is 10.8. The predicted octanol–water partition coefficient (Wildman–Crippen LogP) is 3.57. The van der Waals surface area contributed by atoms with Crippen LogP contribution in [-0.2, 0) is 0 Å². The van der Waals surface area contributed by atoms with E-state index in [0.717, 1.165) is 17.7 Å². The first-order valence-corrected chi connectivity index (χ1v) is 7.21. The molecule has 1 aromatic carbocycles. The molecular weight excluding hydrogens is 246 g/mol. The molecule has 98 valence electrons. The summed E-state index contributed by atoms with van der Waals surface area (Å²) in [5, 5.41) is 9.94. The van der Waals surface area contributed by atoms with Gasteiger partial charge >= 0.3 is 0 Å². The molecule has 0 radical (unpaired) electrons. The van der Waals surface area contributed by atoms with Crippen LogP contribution >= 0.6 is 11.3 Å². The van der Waals surface area contributed by atoms with Gasteiger partial charge in [0.1, 0.15) is 11.3 Å². The van der Waals surface area contributed by atoms with Gasteiger partial charge in [-0.2, -0.15) is 0 Å². The SMILES string of the molecule is CCC(C)c1nc2c(OCCCO)cccc2s1. The van der Waals surface area contributed by atoms with E-state index in [1.807, 2.05) is 12.1 Å². The summed E-state index contributed by atoms with van der Waals surface area (Å²) in [6, 6.07) is 6.02. The highest BCUT2D eigenvalue weighted by molar-refractivity contribution is 7.18. The van der Waals surface area contributed by atoms with Gasteiger partial charge in [-0.3, -0.25) is 0 Å². The molecule has 1 N–H and O–H groups in total. The molecule has 2 aromatic rings. The Kier molecular flexibility index (Phi) is 4.55. The van der Waals surface area contributed by atoms with Crippen LogP contribution in [0.3, 0.4) is 0 Å². The Morgan fingerprint density at radius 3 is 3.00 bits per heavy atom. The van der Waals surface area contributed by atoms with Crippen molar-refractivity contribution in [3.05, 3.63) is 23.2 Å². The quantitative estimate of drug-likeness (QED) is 0.812. The Hall–Kier alpha value is -1.13. The minimum atomic E-state index is 0.158. The van der Waals surface area contributed by atoms with Crippen molar-refractivity contribution in [2.75, 3.05) is 13.2 Å². The zero-order chi connectivity index (χ0) is 13.0. The second kappa shape index (κ2) is 6.16. The third-order valence-electron chi connectivity index (χ3n) is 2.99. The monoisotopic (exact) mass is 265 g/mol. The first-order chi connectivity index (χ1) is 8.76. The third-order valence-corrected chi connectivity index (χ3v) is 4.24. The topological polar surface area (TPSA) is 42.4 Å². The average molecular weight is 265 g/mol. The van der Waals surface area contributed by atoms with Crippen LogP contribution in [0.5, 0.6) is 5.75 Å². The van der Waals surface area contributed by atoms with Crippen LogP contribution in [0.25, 0.3) is 10.2 Å². The smallest absolute Gasteiger partial charge is 0.146 e. The number of hydrogen-bond acceptors (Lipinski definition) is 4. The lowest BCUT2D eigenvalue weighted by Gasteiger charge is -2.05. The Morgan fingerprint density at radius 2 is 2.28 bits per heavy atom. The van der Waals surface area contributed by atoms with Gasteiger partial charge in [0, 0.05) is 18.9 Å². The van der Waals surface area contributed by atoms with Crippen molar-refractivity contribution in [2.45, 2.75) is 32.6 Å².